The maximum atomic E-state index is 11.9. The van der Waals surface area contributed by atoms with Crippen molar-refractivity contribution < 1.29 is 14.3 Å². The molecular weight excluding hydrogens is 264 g/mol. The van der Waals surface area contributed by atoms with E-state index in [1.165, 1.54) is 0 Å². The Kier molecular flexibility index (Phi) is 4.48. The fraction of sp³-hybridized carbons (Fsp3) is 0.400. The summed E-state index contributed by atoms with van der Waals surface area (Å²) >= 11 is 5.84. The molecule has 0 saturated heterocycles. The average Bonchev–Trinajstić information content (AvgIpc) is 2.84. The first-order valence-electron chi connectivity index (χ1n) is 6.25. The molecule has 3 nitrogen and oxygen atoms in total. The van der Waals surface area contributed by atoms with Gasteiger partial charge in [-0.05, 0) is 36.1 Å². The van der Waals surface area contributed by atoms with Crippen LogP contribution in [0.2, 0.25) is 0 Å². The topological polar surface area (TPSA) is 35.5 Å². The highest BCUT2D eigenvalue weighted by Gasteiger charge is 2.21. The maximum Gasteiger partial charge on any atom is 0.163 e. The molecule has 0 heterocycles. The lowest BCUT2D eigenvalue weighted by Crippen LogP contribution is -2.03. The SMILES string of the molecule is COc1cc(CCCl)c(C2=CCCC2=O)cc1OC. The molecule has 0 spiro atoms. The Balaban J connectivity index is 2.53. The molecular formula is C15H17ClO3. The van der Waals surface area contributed by atoms with Crippen molar-refractivity contribution in [2.75, 3.05) is 20.1 Å². The Hall–Kier alpha value is -1.48. The zero-order chi connectivity index (χ0) is 13.8. The average molecular weight is 281 g/mol. The first kappa shape index (κ1) is 13.9. The summed E-state index contributed by atoms with van der Waals surface area (Å²) in [5.41, 5.74) is 2.72. The molecule has 1 aliphatic rings. The molecule has 0 amide bonds. The standard InChI is InChI=1S/C15H17ClO3/c1-18-14-8-10(6-7-16)12(9-15(14)19-2)11-4-3-5-13(11)17/h4,8-9H,3,5-7H2,1-2H3. The highest BCUT2D eigenvalue weighted by Crippen LogP contribution is 2.36. The summed E-state index contributed by atoms with van der Waals surface area (Å²) in [4.78, 5) is 11.9. The summed E-state index contributed by atoms with van der Waals surface area (Å²) in [6, 6.07) is 3.78. The number of ketones is 1. The minimum absolute atomic E-state index is 0.183. The zero-order valence-corrected chi connectivity index (χ0v) is 11.9. The van der Waals surface area contributed by atoms with Crippen molar-refractivity contribution in [3.63, 3.8) is 0 Å². The molecule has 0 unspecified atom stereocenters. The molecule has 19 heavy (non-hydrogen) atoms. The first-order chi connectivity index (χ1) is 9.21. The molecule has 0 bridgehead atoms. The van der Waals surface area contributed by atoms with Crippen LogP contribution in [0.3, 0.4) is 0 Å². The van der Waals surface area contributed by atoms with E-state index in [1.807, 2.05) is 18.2 Å². The highest BCUT2D eigenvalue weighted by molar-refractivity contribution is 6.23. The van der Waals surface area contributed by atoms with Crippen LogP contribution in [-0.4, -0.2) is 25.9 Å². The second-order valence-electron chi connectivity index (χ2n) is 4.38. The van der Waals surface area contributed by atoms with Crippen LogP contribution < -0.4 is 9.47 Å². The fourth-order valence-corrected chi connectivity index (χ4v) is 2.54. The Morgan fingerprint density at radius 1 is 1.21 bits per heavy atom. The number of Topliss-reactive ketones (excluding diaryl/α,β-unsaturated/α-hetero) is 1. The normalized spacial score (nSPS) is 14.5. The van der Waals surface area contributed by atoms with Gasteiger partial charge in [-0.2, -0.15) is 0 Å². The molecule has 0 radical (unpaired) electrons. The molecule has 1 aromatic carbocycles. The maximum absolute atomic E-state index is 11.9. The number of carbonyl (C=O) groups is 1. The van der Waals surface area contributed by atoms with Gasteiger partial charge in [-0.3, -0.25) is 4.79 Å². The molecule has 4 heteroatoms. The van der Waals surface area contributed by atoms with Crippen molar-refractivity contribution in [1.82, 2.24) is 0 Å². The molecule has 1 aliphatic carbocycles. The minimum Gasteiger partial charge on any atom is -0.493 e. The van der Waals surface area contributed by atoms with Crippen molar-refractivity contribution in [1.29, 1.82) is 0 Å². The van der Waals surface area contributed by atoms with Gasteiger partial charge in [-0.25, -0.2) is 0 Å². The van der Waals surface area contributed by atoms with Gasteiger partial charge in [-0.1, -0.05) is 6.08 Å². The summed E-state index contributed by atoms with van der Waals surface area (Å²) < 4.78 is 10.6. The van der Waals surface area contributed by atoms with Crippen LogP contribution in [0.4, 0.5) is 0 Å². The number of rotatable bonds is 5. The van der Waals surface area contributed by atoms with E-state index in [0.717, 1.165) is 23.1 Å². The number of benzene rings is 1. The van der Waals surface area contributed by atoms with E-state index in [1.54, 1.807) is 14.2 Å². The number of hydrogen-bond acceptors (Lipinski definition) is 3. The van der Waals surface area contributed by atoms with E-state index in [0.29, 0.717) is 30.2 Å². The third kappa shape index (κ3) is 2.76. The Bertz CT molecular complexity index is 520. The van der Waals surface area contributed by atoms with Crippen LogP contribution in [0.15, 0.2) is 18.2 Å². The molecule has 2 rings (SSSR count). The van der Waals surface area contributed by atoms with E-state index in [9.17, 15) is 4.79 Å². The fourth-order valence-electron chi connectivity index (χ4n) is 2.34. The number of methoxy groups -OCH3 is 2. The van der Waals surface area contributed by atoms with Gasteiger partial charge in [0.15, 0.2) is 17.3 Å². The first-order valence-corrected chi connectivity index (χ1v) is 6.79. The van der Waals surface area contributed by atoms with Crippen LogP contribution in [0, 0.1) is 0 Å². The summed E-state index contributed by atoms with van der Waals surface area (Å²) in [6.45, 7) is 0. The largest absolute Gasteiger partial charge is 0.493 e. The van der Waals surface area contributed by atoms with Crippen molar-refractivity contribution in [2.24, 2.45) is 0 Å². The quantitative estimate of drug-likeness (QED) is 0.777. The lowest BCUT2D eigenvalue weighted by molar-refractivity contribution is -0.113. The van der Waals surface area contributed by atoms with Crippen molar-refractivity contribution in [2.45, 2.75) is 19.3 Å². The minimum atomic E-state index is 0.183. The molecule has 0 fully saturated rings. The molecule has 1 aromatic rings. The summed E-state index contributed by atoms with van der Waals surface area (Å²) in [5.74, 6) is 1.99. The lowest BCUT2D eigenvalue weighted by Gasteiger charge is -2.14. The lowest BCUT2D eigenvalue weighted by atomic mass is 9.96. The summed E-state index contributed by atoms with van der Waals surface area (Å²) in [5, 5.41) is 0. The molecule has 102 valence electrons. The van der Waals surface area contributed by atoms with Crippen LogP contribution in [-0.2, 0) is 11.2 Å². The Morgan fingerprint density at radius 3 is 2.42 bits per heavy atom. The second-order valence-corrected chi connectivity index (χ2v) is 4.76. The zero-order valence-electron chi connectivity index (χ0n) is 11.2. The molecule has 0 N–H and O–H groups in total. The van der Waals surface area contributed by atoms with Gasteiger partial charge in [-0.15, -0.1) is 11.6 Å². The van der Waals surface area contributed by atoms with Gasteiger partial charge >= 0.3 is 0 Å². The van der Waals surface area contributed by atoms with Crippen molar-refractivity contribution >= 4 is 23.0 Å². The summed E-state index contributed by atoms with van der Waals surface area (Å²) in [7, 11) is 3.19. The molecule has 0 saturated carbocycles. The van der Waals surface area contributed by atoms with Gasteiger partial charge < -0.3 is 9.47 Å². The summed E-state index contributed by atoms with van der Waals surface area (Å²) in [6.07, 6.45) is 4.08. The van der Waals surface area contributed by atoms with Crippen LogP contribution >= 0.6 is 11.6 Å². The number of ether oxygens (including phenoxy) is 2. The van der Waals surface area contributed by atoms with Gasteiger partial charge in [0, 0.05) is 17.9 Å². The second kappa shape index (κ2) is 6.11. The monoisotopic (exact) mass is 280 g/mol. The predicted octanol–water partition coefficient (Wildman–Crippen LogP) is 3.23. The third-order valence-corrected chi connectivity index (χ3v) is 3.47. The van der Waals surface area contributed by atoms with Crippen molar-refractivity contribution in [3.05, 3.63) is 29.3 Å². The van der Waals surface area contributed by atoms with Crippen molar-refractivity contribution in [3.8, 4) is 11.5 Å². The number of allylic oxidation sites excluding steroid dienone is 2. The van der Waals surface area contributed by atoms with Crippen LogP contribution in [0.5, 0.6) is 11.5 Å². The van der Waals surface area contributed by atoms with Gasteiger partial charge in [0.25, 0.3) is 0 Å². The van der Waals surface area contributed by atoms with E-state index in [-0.39, 0.29) is 5.78 Å². The van der Waals surface area contributed by atoms with E-state index in [2.05, 4.69) is 0 Å². The van der Waals surface area contributed by atoms with Crippen LogP contribution in [0.1, 0.15) is 24.0 Å². The van der Waals surface area contributed by atoms with Gasteiger partial charge in [0.1, 0.15) is 0 Å². The van der Waals surface area contributed by atoms with E-state index in [4.69, 9.17) is 21.1 Å². The highest BCUT2D eigenvalue weighted by atomic mass is 35.5. The van der Waals surface area contributed by atoms with E-state index >= 15 is 0 Å². The number of alkyl halides is 1. The molecule has 0 aliphatic heterocycles. The number of hydrogen-bond donors (Lipinski definition) is 0. The number of carbonyl (C=O) groups excluding carboxylic acids is 1. The third-order valence-electron chi connectivity index (χ3n) is 3.28. The molecule has 0 aromatic heterocycles. The number of halogens is 1. The smallest absolute Gasteiger partial charge is 0.163 e. The molecule has 0 atom stereocenters. The van der Waals surface area contributed by atoms with E-state index < -0.39 is 0 Å². The van der Waals surface area contributed by atoms with Crippen LogP contribution in [0.25, 0.3) is 5.57 Å². The number of aryl methyl sites for hydroxylation is 1. The Labute approximate surface area is 118 Å². The predicted molar refractivity (Wildman–Crippen MR) is 76.2 cm³/mol. The van der Waals surface area contributed by atoms with Gasteiger partial charge in [0.2, 0.25) is 0 Å². The van der Waals surface area contributed by atoms with Gasteiger partial charge in [0.05, 0.1) is 14.2 Å². The Morgan fingerprint density at radius 2 is 1.89 bits per heavy atom.